The highest BCUT2D eigenvalue weighted by Crippen LogP contribution is 2.19. The van der Waals surface area contributed by atoms with Crippen LogP contribution in [-0.2, 0) is 0 Å². The van der Waals surface area contributed by atoms with Gasteiger partial charge in [-0.1, -0.05) is 30.3 Å². The van der Waals surface area contributed by atoms with E-state index in [1.54, 1.807) is 17.8 Å². The monoisotopic (exact) mass is 241 g/mol. The zero-order valence-corrected chi connectivity index (χ0v) is 9.99. The van der Waals surface area contributed by atoms with E-state index in [2.05, 4.69) is 11.9 Å². The van der Waals surface area contributed by atoms with Crippen LogP contribution < -0.4 is 5.32 Å². The highest BCUT2D eigenvalue weighted by atomic mass is 35.5. The molecule has 1 amide bonds. The topological polar surface area (TPSA) is 29.1 Å². The van der Waals surface area contributed by atoms with Gasteiger partial charge in [-0.2, -0.15) is 0 Å². The molecular weight excluding hydrogens is 230 g/mol. The molecule has 0 aliphatic carbocycles. The molecule has 0 aliphatic heterocycles. The average Bonchev–Trinajstić information content (AvgIpc) is 2.25. The van der Waals surface area contributed by atoms with E-state index in [1.165, 1.54) is 0 Å². The van der Waals surface area contributed by atoms with Gasteiger partial charge in [-0.25, -0.2) is 0 Å². The van der Waals surface area contributed by atoms with Gasteiger partial charge in [0.05, 0.1) is 12.1 Å². The number of carbonyl (C=O) groups excluding carboxylic acids is 1. The highest BCUT2D eigenvalue weighted by molar-refractivity contribution is 7.98. The van der Waals surface area contributed by atoms with Gasteiger partial charge < -0.3 is 5.32 Å². The minimum atomic E-state index is -0.123. The fourth-order valence-electron chi connectivity index (χ4n) is 1.10. The van der Waals surface area contributed by atoms with Crippen molar-refractivity contribution in [3.8, 4) is 0 Å². The molecular formula is C11H12ClNOS. The van der Waals surface area contributed by atoms with Crippen LogP contribution in [0.2, 0.25) is 0 Å². The van der Waals surface area contributed by atoms with E-state index in [1.807, 2.05) is 24.5 Å². The molecule has 0 spiro atoms. The number of hydrogen-bond donors (Lipinski definition) is 1. The van der Waals surface area contributed by atoms with Crippen molar-refractivity contribution in [3.05, 3.63) is 41.4 Å². The molecule has 0 atom stereocenters. The summed E-state index contributed by atoms with van der Waals surface area (Å²) in [5.74, 6) is -0.123. The number of rotatable bonds is 4. The van der Waals surface area contributed by atoms with Crippen molar-refractivity contribution in [3.63, 3.8) is 0 Å². The molecule has 2 nitrogen and oxygen atoms in total. The van der Waals surface area contributed by atoms with Crippen LogP contribution in [0.1, 0.15) is 10.4 Å². The number of halogens is 1. The van der Waals surface area contributed by atoms with Gasteiger partial charge in [0.15, 0.2) is 0 Å². The van der Waals surface area contributed by atoms with E-state index in [4.69, 9.17) is 11.6 Å². The Hall–Kier alpha value is -0.930. The number of amides is 1. The summed E-state index contributed by atoms with van der Waals surface area (Å²) < 4.78 is 0. The first-order valence-corrected chi connectivity index (χ1v) is 6.00. The molecule has 1 aromatic carbocycles. The standard InChI is InChI=1S/C11H12ClNOS/c1-8(12)7-13-11(14)9-5-3-4-6-10(9)15-2/h3-6H,1,7H2,2H3,(H,13,14). The SMILES string of the molecule is C=C(Cl)CNC(=O)c1ccccc1SC. The van der Waals surface area contributed by atoms with Gasteiger partial charge in [-0.3, -0.25) is 4.79 Å². The van der Waals surface area contributed by atoms with Gasteiger partial charge in [0.1, 0.15) is 0 Å². The van der Waals surface area contributed by atoms with Gasteiger partial charge in [0.2, 0.25) is 0 Å². The van der Waals surface area contributed by atoms with Crippen LogP contribution in [0, 0.1) is 0 Å². The number of nitrogens with one attached hydrogen (secondary N) is 1. The number of benzene rings is 1. The molecule has 0 bridgehead atoms. The van der Waals surface area contributed by atoms with Crippen LogP contribution in [0.5, 0.6) is 0 Å². The third kappa shape index (κ3) is 3.61. The minimum absolute atomic E-state index is 0.123. The van der Waals surface area contributed by atoms with E-state index < -0.39 is 0 Å². The summed E-state index contributed by atoms with van der Waals surface area (Å²) in [5, 5.41) is 3.11. The van der Waals surface area contributed by atoms with Crippen molar-refractivity contribution in [1.29, 1.82) is 0 Å². The van der Waals surface area contributed by atoms with Crippen LogP contribution in [0.4, 0.5) is 0 Å². The van der Waals surface area contributed by atoms with E-state index in [-0.39, 0.29) is 5.91 Å². The lowest BCUT2D eigenvalue weighted by Gasteiger charge is -2.07. The van der Waals surface area contributed by atoms with Crippen molar-refractivity contribution in [2.24, 2.45) is 0 Å². The van der Waals surface area contributed by atoms with Gasteiger partial charge in [0.25, 0.3) is 5.91 Å². The smallest absolute Gasteiger partial charge is 0.252 e. The van der Waals surface area contributed by atoms with E-state index in [9.17, 15) is 4.79 Å². The molecule has 1 aromatic rings. The molecule has 4 heteroatoms. The molecule has 1 N–H and O–H groups in total. The quantitative estimate of drug-likeness (QED) is 0.822. The van der Waals surface area contributed by atoms with Gasteiger partial charge in [-0.15, -0.1) is 11.8 Å². The Morgan fingerprint density at radius 2 is 2.20 bits per heavy atom. The van der Waals surface area contributed by atoms with Gasteiger partial charge in [-0.05, 0) is 18.4 Å². The Morgan fingerprint density at radius 3 is 2.80 bits per heavy atom. The Morgan fingerprint density at radius 1 is 1.53 bits per heavy atom. The van der Waals surface area contributed by atoms with Crippen LogP contribution >= 0.6 is 23.4 Å². The molecule has 0 aromatic heterocycles. The van der Waals surface area contributed by atoms with E-state index in [0.717, 1.165) is 4.90 Å². The second-order valence-corrected chi connectivity index (χ2v) is 4.28. The lowest BCUT2D eigenvalue weighted by molar-refractivity contribution is 0.0955. The molecule has 0 aliphatic rings. The van der Waals surface area contributed by atoms with Crippen LogP contribution in [0.25, 0.3) is 0 Å². The molecule has 15 heavy (non-hydrogen) atoms. The normalized spacial score (nSPS) is 9.73. The molecule has 0 radical (unpaired) electrons. The van der Waals surface area contributed by atoms with E-state index in [0.29, 0.717) is 17.1 Å². The highest BCUT2D eigenvalue weighted by Gasteiger charge is 2.09. The molecule has 0 saturated carbocycles. The molecule has 0 heterocycles. The van der Waals surface area contributed by atoms with Gasteiger partial charge >= 0.3 is 0 Å². The van der Waals surface area contributed by atoms with Crippen LogP contribution in [-0.4, -0.2) is 18.7 Å². The fourth-order valence-corrected chi connectivity index (χ4v) is 1.77. The third-order valence-electron chi connectivity index (χ3n) is 1.79. The Labute approximate surface area is 98.7 Å². The molecule has 0 saturated heterocycles. The lowest BCUT2D eigenvalue weighted by Crippen LogP contribution is -2.24. The zero-order valence-electron chi connectivity index (χ0n) is 8.42. The average molecular weight is 242 g/mol. The predicted molar refractivity (Wildman–Crippen MR) is 65.5 cm³/mol. The largest absolute Gasteiger partial charge is 0.347 e. The minimum Gasteiger partial charge on any atom is -0.347 e. The summed E-state index contributed by atoms with van der Waals surface area (Å²) in [7, 11) is 0. The second kappa shape index (κ2) is 5.83. The molecule has 0 fully saturated rings. The summed E-state index contributed by atoms with van der Waals surface area (Å²) in [6.45, 7) is 3.80. The maximum absolute atomic E-state index is 11.7. The maximum atomic E-state index is 11.7. The fraction of sp³-hybridized carbons (Fsp3) is 0.182. The van der Waals surface area contributed by atoms with Gasteiger partial charge in [0, 0.05) is 9.93 Å². The summed E-state index contributed by atoms with van der Waals surface area (Å²) in [6, 6.07) is 7.44. The molecule has 80 valence electrons. The Balaban J connectivity index is 2.77. The number of hydrogen-bond acceptors (Lipinski definition) is 2. The van der Waals surface area contributed by atoms with Crippen molar-refractivity contribution >= 4 is 29.3 Å². The summed E-state index contributed by atoms with van der Waals surface area (Å²) in [5.41, 5.74) is 0.669. The molecule has 1 rings (SSSR count). The number of carbonyl (C=O) groups is 1. The van der Waals surface area contributed by atoms with Crippen molar-refractivity contribution in [2.75, 3.05) is 12.8 Å². The predicted octanol–water partition coefficient (Wildman–Crippen LogP) is 2.89. The molecule has 0 unspecified atom stereocenters. The van der Waals surface area contributed by atoms with Crippen molar-refractivity contribution in [2.45, 2.75) is 4.90 Å². The maximum Gasteiger partial charge on any atom is 0.252 e. The lowest BCUT2D eigenvalue weighted by atomic mass is 10.2. The van der Waals surface area contributed by atoms with Crippen LogP contribution in [0.15, 0.2) is 40.8 Å². The van der Waals surface area contributed by atoms with E-state index >= 15 is 0 Å². The summed E-state index contributed by atoms with van der Waals surface area (Å²) in [4.78, 5) is 12.7. The van der Waals surface area contributed by atoms with Crippen molar-refractivity contribution < 1.29 is 4.79 Å². The van der Waals surface area contributed by atoms with Crippen LogP contribution in [0.3, 0.4) is 0 Å². The number of thioether (sulfide) groups is 1. The summed E-state index contributed by atoms with van der Waals surface area (Å²) in [6.07, 6.45) is 1.94. The van der Waals surface area contributed by atoms with Crippen molar-refractivity contribution in [1.82, 2.24) is 5.32 Å². The zero-order chi connectivity index (χ0) is 11.3. The first kappa shape index (κ1) is 12.1. The Kier molecular flexibility index (Phi) is 4.72. The first-order chi connectivity index (χ1) is 7.15. The first-order valence-electron chi connectivity index (χ1n) is 4.39. The second-order valence-electron chi connectivity index (χ2n) is 2.90. The summed E-state index contributed by atoms with van der Waals surface area (Å²) >= 11 is 7.11. The Bertz CT molecular complexity index is 379. The third-order valence-corrected chi connectivity index (χ3v) is 2.72.